The third-order valence-corrected chi connectivity index (χ3v) is 12.4. The molecule has 0 aliphatic carbocycles. The first-order valence-electron chi connectivity index (χ1n) is 15.5. The van der Waals surface area contributed by atoms with Crippen LogP contribution in [0.4, 0.5) is 0 Å². The van der Waals surface area contributed by atoms with Gasteiger partial charge in [0.2, 0.25) is 0 Å². The molecule has 0 radical (unpaired) electrons. The summed E-state index contributed by atoms with van der Waals surface area (Å²) < 4.78 is 0. The summed E-state index contributed by atoms with van der Waals surface area (Å²) in [6, 6.07) is 65.4. The van der Waals surface area contributed by atoms with Crippen molar-refractivity contribution in [2.75, 3.05) is 0 Å². The van der Waals surface area contributed by atoms with Gasteiger partial charge in [0.15, 0.2) is 0 Å². The number of benzene rings is 6. The number of hydrogen-bond acceptors (Lipinski definition) is 0. The molecule has 236 valence electrons. The van der Waals surface area contributed by atoms with Crippen molar-refractivity contribution < 1.29 is 0 Å². The molecule has 0 aromatic heterocycles. The fourth-order valence-electron chi connectivity index (χ4n) is 5.39. The Bertz CT molecular complexity index is 1260. The summed E-state index contributed by atoms with van der Waals surface area (Å²) in [5, 5.41) is 0. The van der Waals surface area contributed by atoms with Gasteiger partial charge < -0.3 is 0 Å². The highest BCUT2D eigenvalue weighted by atomic mass is 35.5. The van der Waals surface area contributed by atoms with Crippen LogP contribution in [0.2, 0.25) is 0 Å². The van der Waals surface area contributed by atoms with Gasteiger partial charge in [0, 0.05) is 0 Å². The van der Waals surface area contributed by atoms with Crippen molar-refractivity contribution in [2.45, 2.75) is 37.0 Å². The van der Waals surface area contributed by atoms with Gasteiger partial charge in [0.25, 0.3) is 0 Å². The van der Waals surface area contributed by atoms with E-state index in [9.17, 15) is 0 Å². The molecular weight excluding hydrogens is 637 g/mol. The maximum absolute atomic E-state index is 2.26. The van der Waals surface area contributed by atoms with Gasteiger partial charge in [-0.2, -0.15) is 0 Å². The molecule has 0 nitrogen and oxygen atoms in total. The van der Waals surface area contributed by atoms with Crippen LogP contribution < -0.4 is 0 Å². The Labute approximate surface area is 291 Å². The van der Waals surface area contributed by atoms with Crippen LogP contribution in [0.1, 0.15) is 33.4 Å². The molecule has 0 aliphatic rings. The highest BCUT2D eigenvalue weighted by Gasteiger charge is 2.12. The second kappa shape index (κ2) is 21.5. The predicted octanol–water partition coefficient (Wildman–Crippen LogP) is 13.0. The predicted molar refractivity (Wildman–Crippen MR) is 209 cm³/mol. The average molecular weight is 682 g/mol. The third kappa shape index (κ3) is 13.6. The highest BCUT2D eigenvalue weighted by molar-refractivity contribution is 7.55. The molecule has 0 saturated carbocycles. The van der Waals surface area contributed by atoms with Gasteiger partial charge in [-0.3, -0.25) is 0 Å². The molecule has 6 rings (SSSR count). The molecule has 0 atom stereocenters. The van der Waals surface area contributed by atoms with E-state index >= 15 is 0 Å². The van der Waals surface area contributed by atoms with E-state index in [1.54, 1.807) is 0 Å². The molecule has 0 fully saturated rings. The van der Waals surface area contributed by atoms with Crippen molar-refractivity contribution >= 4 is 40.7 Å². The molecule has 4 heteroatoms. The van der Waals surface area contributed by atoms with E-state index in [2.05, 4.69) is 182 Å². The molecular formula is C42H44Cl2P2. The van der Waals surface area contributed by atoms with Crippen LogP contribution in [-0.4, -0.2) is 0 Å². The SMILES string of the molecule is Cl.Cl.c1ccc(CP(Cc2ccccc2)Cc2ccccc2)cc1.c1ccc(CP(Cc2ccccc2)Cc2ccccc2)cc1. The molecule has 0 aliphatic heterocycles. The fraction of sp³-hybridized carbons (Fsp3) is 0.143. The lowest BCUT2D eigenvalue weighted by molar-refractivity contribution is 1.26. The minimum absolute atomic E-state index is 0. The number of hydrogen-bond donors (Lipinski definition) is 0. The van der Waals surface area contributed by atoms with Crippen molar-refractivity contribution in [2.24, 2.45) is 0 Å². The summed E-state index contributed by atoms with van der Waals surface area (Å²) in [6.45, 7) is 0. The molecule has 0 N–H and O–H groups in total. The standard InChI is InChI=1S/2C21H21P.2ClH/c2*1-4-10-19(11-5-1)16-22(17-20-12-6-2-7-13-20)18-21-14-8-3-9-15-21;;/h2*1-15H,16-18H2;2*1H. The van der Waals surface area contributed by atoms with Crippen LogP contribution in [-0.2, 0) is 37.0 Å². The molecule has 46 heavy (non-hydrogen) atoms. The maximum atomic E-state index is 2.26. The first kappa shape index (κ1) is 37.2. The van der Waals surface area contributed by atoms with E-state index < -0.39 is 0 Å². The zero-order valence-corrected chi connectivity index (χ0v) is 29.7. The van der Waals surface area contributed by atoms with Crippen molar-refractivity contribution in [3.8, 4) is 0 Å². The number of rotatable bonds is 12. The Morgan fingerprint density at radius 3 is 0.478 bits per heavy atom. The van der Waals surface area contributed by atoms with Gasteiger partial charge in [-0.1, -0.05) is 198 Å². The zero-order chi connectivity index (χ0) is 30.1. The smallest absolute Gasteiger partial charge is 0.00671 e. The lowest BCUT2D eigenvalue weighted by Crippen LogP contribution is -1.93. The van der Waals surface area contributed by atoms with Gasteiger partial charge >= 0.3 is 0 Å². The van der Waals surface area contributed by atoms with Gasteiger partial charge in [0.1, 0.15) is 0 Å². The first-order chi connectivity index (χ1) is 21.8. The van der Waals surface area contributed by atoms with Crippen molar-refractivity contribution in [3.63, 3.8) is 0 Å². The second-order valence-electron chi connectivity index (χ2n) is 11.2. The first-order valence-corrected chi connectivity index (χ1v) is 19.3. The monoisotopic (exact) mass is 680 g/mol. The summed E-state index contributed by atoms with van der Waals surface area (Å²) in [4.78, 5) is 0. The Balaban J connectivity index is 0.000000240. The van der Waals surface area contributed by atoms with Crippen LogP contribution in [0.15, 0.2) is 182 Å². The van der Waals surface area contributed by atoms with E-state index in [4.69, 9.17) is 0 Å². The topological polar surface area (TPSA) is 0 Å². The quantitative estimate of drug-likeness (QED) is 0.113. The Morgan fingerprint density at radius 2 is 0.348 bits per heavy atom. The molecule has 0 spiro atoms. The van der Waals surface area contributed by atoms with Crippen LogP contribution >= 0.6 is 40.7 Å². The molecule has 6 aromatic rings. The lowest BCUT2D eigenvalue weighted by atomic mass is 10.2. The zero-order valence-electron chi connectivity index (χ0n) is 26.3. The molecule has 0 bridgehead atoms. The summed E-state index contributed by atoms with van der Waals surface area (Å²) >= 11 is 0. The van der Waals surface area contributed by atoms with Crippen LogP contribution in [0.3, 0.4) is 0 Å². The van der Waals surface area contributed by atoms with Crippen LogP contribution in [0.5, 0.6) is 0 Å². The fourth-order valence-corrected chi connectivity index (χ4v) is 10.4. The van der Waals surface area contributed by atoms with E-state index in [-0.39, 0.29) is 40.7 Å². The van der Waals surface area contributed by atoms with Gasteiger partial charge in [-0.25, -0.2) is 0 Å². The van der Waals surface area contributed by atoms with Crippen molar-refractivity contribution in [3.05, 3.63) is 215 Å². The van der Waals surface area contributed by atoms with E-state index in [0.717, 1.165) is 0 Å². The molecule has 0 amide bonds. The molecule has 0 saturated heterocycles. The maximum Gasteiger partial charge on any atom is -0.00671 e. The lowest BCUT2D eigenvalue weighted by Gasteiger charge is -2.18. The normalized spacial score (nSPS) is 10.3. The van der Waals surface area contributed by atoms with Gasteiger partial charge in [-0.15, -0.1) is 24.8 Å². The minimum Gasteiger partial charge on any atom is -0.147 e. The third-order valence-electron chi connectivity index (χ3n) is 7.49. The highest BCUT2D eigenvalue weighted by Crippen LogP contribution is 2.47. The largest absolute Gasteiger partial charge is 0.147 e. The molecule has 6 aromatic carbocycles. The number of halogens is 2. The summed E-state index contributed by atoms with van der Waals surface area (Å²) in [5.74, 6) is 0. The van der Waals surface area contributed by atoms with Crippen LogP contribution in [0, 0.1) is 0 Å². The molecule has 0 unspecified atom stereocenters. The minimum atomic E-state index is -0.0895. The molecule has 0 heterocycles. The van der Waals surface area contributed by atoms with Gasteiger partial charge in [-0.05, 0) is 70.4 Å². The van der Waals surface area contributed by atoms with Crippen LogP contribution in [0.25, 0.3) is 0 Å². The second-order valence-corrected chi connectivity index (χ2v) is 15.8. The van der Waals surface area contributed by atoms with E-state index in [1.807, 2.05) is 0 Å². The van der Waals surface area contributed by atoms with Crippen molar-refractivity contribution in [1.82, 2.24) is 0 Å². The summed E-state index contributed by atoms with van der Waals surface area (Å²) in [5.41, 5.74) is 8.75. The van der Waals surface area contributed by atoms with E-state index in [0.29, 0.717) is 0 Å². The van der Waals surface area contributed by atoms with E-state index in [1.165, 1.54) is 70.4 Å². The summed E-state index contributed by atoms with van der Waals surface area (Å²) in [6.07, 6.45) is 7.17. The Morgan fingerprint density at radius 1 is 0.217 bits per heavy atom. The average Bonchev–Trinajstić information content (AvgIpc) is 3.08. The Hall–Kier alpha value is -3.24. The van der Waals surface area contributed by atoms with Crippen molar-refractivity contribution in [1.29, 1.82) is 0 Å². The summed E-state index contributed by atoms with van der Waals surface area (Å²) in [7, 11) is -0.179. The Kier molecular flexibility index (Phi) is 17.4. The van der Waals surface area contributed by atoms with Gasteiger partial charge in [0.05, 0.1) is 0 Å².